The molecule has 0 saturated carbocycles. The van der Waals surface area contributed by atoms with Gasteiger partial charge in [-0.1, -0.05) is 54.2 Å². The molecule has 0 aliphatic rings. The number of amides is 2. The Morgan fingerprint density at radius 1 is 1.06 bits per heavy atom. The molecule has 3 rings (SSSR count). The summed E-state index contributed by atoms with van der Waals surface area (Å²) in [5, 5.41) is 14.0. The molecule has 0 atom stereocenters. The maximum atomic E-state index is 13.1. The van der Waals surface area contributed by atoms with Gasteiger partial charge in [-0.2, -0.15) is 0 Å². The molecule has 0 fully saturated rings. The average molecular weight is 472 g/mol. The zero-order valence-electron chi connectivity index (χ0n) is 17.3. The lowest BCUT2D eigenvalue weighted by Gasteiger charge is -2.16. The van der Waals surface area contributed by atoms with E-state index in [2.05, 4.69) is 10.0 Å². The Labute approximate surface area is 190 Å². The Morgan fingerprint density at radius 3 is 2.31 bits per heavy atom. The highest BCUT2D eigenvalue weighted by molar-refractivity contribution is 7.99. The number of phenols is 1. The van der Waals surface area contributed by atoms with Crippen molar-refractivity contribution in [1.29, 1.82) is 0 Å². The lowest BCUT2D eigenvalue weighted by atomic mass is 10.1. The predicted octanol–water partition coefficient (Wildman–Crippen LogP) is 3.11. The van der Waals surface area contributed by atoms with Crippen LogP contribution in [-0.4, -0.2) is 44.8 Å². The molecule has 0 spiro atoms. The summed E-state index contributed by atoms with van der Waals surface area (Å²) < 4.78 is 28.6. The minimum atomic E-state index is -4.38. The molecule has 0 aliphatic carbocycles. The highest BCUT2D eigenvalue weighted by Crippen LogP contribution is 2.42. The smallest absolute Gasteiger partial charge is 0.268 e. The van der Waals surface area contributed by atoms with Crippen LogP contribution in [0.25, 0.3) is 10.8 Å². The Hall–Kier alpha value is -3.50. The number of benzene rings is 3. The predicted molar refractivity (Wildman–Crippen MR) is 125 cm³/mol. The van der Waals surface area contributed by atoms with Gasteiger partial charge in [-0.05, 0) is 18.2 Å². The van der Waals surface area contributed by atoms with Crippen LogP contribution in [0.15, 0.2) is 81.6 Å². The van der Waals surface area contributed by atoms with E-state index in [1.54, 1.807) is 24.3 Å². The van der Waals surface area contributed by atoms with E-state index in [1.165, 1.54) is 31.9 Å². The molecule has 3 aromatic rings. The second-order valence-corrected chi connectivity index (χ2v) is 9.45. The first-order valence-corrected chi connectivity index (χ1v) is 11.7. The molecule has 0 aromatic heterocycles. The number of aromatic hydroxyl groups is 1. The van der Waals surface area contributed by atoms with E-state index in [1.807, 2.05) is 30.3 Å². The van der Waals surface area contributed by atoms with Crippen molar-refractivity contribution < 1.29 is 23.1 Å². The number of phenolic OH excluding ortho intramolecular Hbond substituents is 1. The van der Waals surface area contributed by atoms with Crippen molar-refractivity contribution in [1.82, 2.24) is 10.2 Å². The number of rotatable bonds is 8. The number of nitrogens with zero attached hydrogens (tertiary/aromatic N) is 1. The molecule has 0 saturated heterocycles. The third kappa shape index (κ3) is 5.04. The molecule has 2 amide bonds. The lowest BCUT2D eigenvalue weighted by molar-refractivity contribution is -0.116. The maximum absolute atomic E-state index is 13.1. The molecule has 0 heterocycles. The average Bonchev–Trinajstić information content (AvgIpc) is 2.80. The lowest BCUT2D eigenvalue weighted by Crippen LogP contribution is -2.30. The fourth-order valence-corrected chi connectivity index (χ4v) is 5.05. The normalized spacial score (nSPS) is 11.8. The molecule has 0 unspecified atom stereocenters. The number of carbonyl (C=O) groups is 2. The number of carbonyl (C=O) groups excluding carboxylic acids is 2. The van der Waals surface area contributed by atoms with Crippen molar-refractivity contribution in [3.63, 3.8) is 0 Å². The van der Waals surface area contributed by atoms with Gasteiger partial charge >= 0.3 is 0 Å². The number of anilines is 1. The number of likely N-dealkylation sites (N-methyl/N-ethyl adjacent to an activating group) is 1. The number of hydrogen-bond donors (Lipinski definition) is 3. The molecular formula is C22H21N3O5S2. The monoisotopic (exact) mass is 471 g/mol. The first-order valence-electron chi connectivity index (χ1n) is 9.38. The van der Waals surface area contributed by atoms with Gasteiger partial charge in [0.25, 0.3) is 15.9 Å². The van der Waals surface area contributed by atoms with Gasteiger partial charge in [-0.25, -0.2) is 8.42 Å². The van der Waals surface area contributed by atoms with Crippen LogP contribution in [0.4, 0.5) is 5.69 Å². The highest BCUT2D eigenvalue weighted by Gasteiger charge is 2.26. The summed E-state index contributed by atoms with van der Waals surface area (Å²) in [4.78, 5) is 24.8. The van der Waals surface area contributed by atoms with Gasteiger partial charge in [-0.3, -0.25) is 14.3 Å². The largest absolute Gasteiger partial charge is 0.506 e. The van der Waals surface area contributed by atoms with Crippen LogP contribution in [0.2, 0.25) is 0 Å². The maximum Gasteiger partial charge on any atom is 0.268 e. The first-order chi connectivity index (χ1) is 15.3. The minimum absolute atomic E-state index is 0.0140. The Morgan fingerprint density at radius 2 is 1.69 bits per heavy atom. The third-order valence-corrected chi connectivity index (χ3v) is 6.82. The quantitative estimate of drug-likeness (QED) is 0.264. The summed E-state index contributed by atoms with van der Waals surface area (Å²) >= 11 is 1.27. The van der Waals surface area contributed by atoms with E-state index in [-0.39, 0.29) is 11.4 Å². The zero-order valence-corrected chi connectivity index (χ0v) is 18.9. The molecule has 10 heteroatoms. The summed E-state index contributed by atoms with van der Waals surface area (Å²) in [6.07, 6.45) is 1.30. The molecule has 3 N–H and O–H groups in total. The van der Waals surface area contributed by atoms with Gasteiger partial charge in [-0.15, -0.1) is 0 Å². The van der Waals surface area contributed by atoms with Gasteiger partial charge in [0.1, 0.15) is 5.75 Å². The number of nitrogens with one attached hydrogen (secondary N) is 2. The summed E-state index contributed by atoms with van der Waals surface area (Å²) in [5.41, 5.74) is 0.181. The SMILES string of the molecule is CNC(=O)/C(=C\N(C)C=O)S(=O)(=O)Nc1cc(Sc2ccccc2)c(O)c2ccccc12. The number of hydrogen-bond acceptors (Lipinski definition) is 6. The van der Waals surface area contributed by atoms with E-state index >= 15 is 0 Å². The van der Waals surface area contributed by atoms with Crippen LogP contribution in [0.5, 0.6) is 5.75 Å². The van der Waals surface area contributed by atoms with E-state index in [0.29, 0.717) is 22.1 Å². The molecule has 166 valence electrons. The molecule has 32 heavy (non-hydrogen) atoms. The van der Waals surface area contributed by atoms with E-state index in [0.717, 1.165) is 16.0 Å². The van der Waals surface area contributed by atoms with Crippen molar-refractivity contribution in [3.8, 4) is 5.75 Å². The van der Waals surface area contributed by atoms with Crippen LogP contribution in [-0.2, 0) is 19.6 Å². The minimum Gasteiger partial charge on any atom is -0.506 e. The van der Waals surface area contributed by atoms with Gasteiger partial charge in [0.2, 0.25) is 6.41 Å². The van der Waals surface area contributed by atoms with Crippen LogP contribution >= 0.6 is 11.8 Å². The molecule has 3 aromatic carbocycles. The first kappa shape index (κ1) is 23.2. The number of fused-ring (bicyclic) bond motifs is 1. The van der Waals surface area contributed by atoms with Crippen LogP contribution in [0, 0.1) is 0 Å². The van der Waals surface area contributed by atoms with Gasteiger partial charge < -0.3 is 15.3 Å². The van der Waals surface area contributed by atoms with Crippen LogP contribution < -0.4 is 10.0 Å². The second-order valence-electron chi connectivity index (χ2n) is 6.68. The Balaban J connectivity index is 2.13. The van der Waals surface area contributed by atoms with E-state index in [4.69, 9.17) is 0 Å². The van der Waals surface area contributed by atoms with Crippen LogP contribution in [0.1, 0.15) is 0 Å². The van der Waals surface area contributed by atoms with Crippen molar-refractivity contribution in [2.24, 2.45) is 0 Å². The van der Waals surface area contributed by atoms with Crippen molar-refractivity contribution in [2.75, 3.05) is 18.8 Å². The Kier molecular flexibility index (Phi) is 7.06. The fraction of sp³-hybridized carbons (Fsp3) is 0.0909. The van der Waals surface area contributed by atoms with Crippen molar-refractivity contribution in [3.05, 3.63) is 71.8 Å². The number of sulfonamides is 1. The topological polar surface area (TPSA) is 116 Å². The van der Waals surface area contributed by atoms with E-state index < -0.39 is 20.8 Å². The highest BCUT2D eigenvalue weighted by atomic mass is 32.2. The summed E-state index contributed by atoms with van der Waals surface area (Å²) in [7, 11) is -1.77. The van der Waals surface area contributed by atoms with Crippen molar-refractivity contribution in [2.45, 2.75) is 9.79 Å². The van der Waals surface area contributed by atoms with Crippen LogP contribution in [0.3, 0.4) is 0 Å². The second kappa shape index (κ2) is 9.75. The Bertz CT molecular complexity index is 1290. The summed E-state index contributed by atoms with van der Waals surface area (Å²) in [6.45, 7) is 0. The van der Waals surface area contributed by atoms with Gasteiger partial charge in [0.15, 0.2) is 4.91 Å². The van der Waals surface area contributed by atoms with Gasteiger partial charge in [0, 0.05) is 36.0 Å². The van der Waals surface area contributed by atoms with Gasteiger partial charge in [0.05, 0.1) is 10.6 Å². The fourth-order valence-electron chi connectivity index (χ4n) is 2.90. The van der Waals surface area contributed by atoms with E-state index in [9.17, 15) is 23.1 Å². The summed E-state index contributed by atoms with van der Waals surface area (Å²) in [6, 6.07) is 17.6. The molecule has 0 bridgehead atoms. The summed E-state index contributed by atoms with van der Waals surface area (Å²) in [5.74, 6) is -0.867. The molecular weight excluding hydrogens is 450 g/mol. The van der Waals surface area contributed by atoms with Crippen molar-refractivity contribution >= 4 is 50.6 Å². The molecule has 8 nitrogen and oxygen atoms in total. The standard InChI is InChI=1S/C22H21N3O5S2/c1-23-22(28)20(13-25(2)14-26)32(29,30)24-18-12-19(31-15-8-4-3-5-9-15)21(27)17-11-7-6-10-16(17)18/h3-14,24,27H,1-2H3,(H,23,28)/b20-13+. The third-order valence-electron chi connectivity index (χ3n) is 4.42. The zero-order chi connectivity index (χ0) is 23.3. The molecule has 0 aliphatic heterocycles. The molecule has 0 radical (unpaired) electrons.